The summed E-state index contributed by atoms with van der Waals surface area (Å²) in [5.74, 6) is -3.69. The van der Waals surface area contributed by atoms with Crippen LogP contribution in [0.2, 0.25) is 0 Å². The Labute approximate surface area is 410 Å². The first-order chi connectivity index (χ1) is 34.2. The predicted octanol–water partition coefficient (Wildman–Crippen LogP) is 7.56. The van der Waals surface area contributed by atoms with E-state index < -0.39 is 40.9 Å². The Morgan fingerprint density at radius 2 is 1.58 bits per heavy atom. The summed E-state index contributed by atoms with van der Waals surface area (Å²) in [7, 11) is 0. The van der Waals surface area contributed by atoms with E-state index in [1.807, 2.05) is 23.1 Å². The highest BCUT2D eigenvalue weighted by atomic mass is 19.1. The third-order valence-electron chi connectivity index (χ3n) is 17.1. The Hall–Kier alpha value is -5.65. The second-order valence-electron chi connectivity index (χ2n) is 22.1. The second-order valence-corrected chi connectivity index (χ2v) is 22.1. The van der Waals surface area contributed by atoms with E-state index >= 15 is 17.6 Å². The van der Waals surface area contributed by atoms with Crippen LogP contribution < -0.4 is 25.2 Å². The largest absolute Gasteiger partial charge is 0.508 e. The number of anilines is 2. The Kier molecular flexibility index (Phi) is 11.7. The number of alkyl halides is 1. The van der Waals surface area contributed by atoms with Crippen molar-refractivity contribution in [3.05, 3.63) is 77.2 Å². The van der Waals surface area contributed by atoms with E-state index in [2.05, 4.69) is 32.3 Å². The molecule has 374 valence electrons. The molecule has 2 aromatic heterocycles. The van der Waals surface area contributed by atoms with Crippen LogP contribution in [0.1, 0.15) is 88.2 Å². The van der Waals surface area contributed by atoms with Crippen molar-refractivity contribution in [3.8, 4) is 23.0 Å². The number of rotatable bonds is 12. The number of aromatic nitrogens is 3. The minimum absolute atomic E-state index is 0.0319. The number of likely N-dealkylation sites (tertiary alicyclic amines) is 1. The van der Waals surface area contributed by atoms with Gasteiger partial charge in [-0.15, -0.1) is 0 Å². The molecule has 3 aromatic carbocycles. The zero-order valence-corrected chi connectivity index (χ0v) is 40.2. The fraction of sp³-hybridized carbons (Fsp3) is 0.537. The van der Waals surface area contributed by atoms with Gasteiger partial charge in [0.2, 0.25) is 11.8 Å². The van der Waals surface area contributed by atoms with Gasteiger partial charge in [0.1, 0.15) is 40.1 Å². The number of aromatic hydroxyl groups is 1. The minimum atomic E-state index is -1.30. The number of fused-ring (bicyclic) bond motifs is 4. The lowest BCUT2D eigenvalue weighted by atomic mass is 9.64. The first-order valence-electron chi connectivity index (χ1n) is 25.7. The normalized spacial score (nSPS) is 24.9. The highest BCUT2D eigenvalue weighted by Crippen LogP contribution is 2.53. The molecular formula is C54H61F4N9O4. The first-order valence-corrected chi connectivity index (χ1v) is 25.7. The maximum Gasteiger partial charge on any atom is 0.319 e. The molecule has 3 N–H and O–H groups in total. The van der Waals surface area contributed by atoms with E-state index in [0.29, 0.717) is 86.7 Å². The van der Waals surface area contributed by atoms with Gasteiger partial charge in [-0.2, -0.15) is 9.97 Å². The smallest absolute Gasteiger partial charge is 0.319 e. The summed E-state index contributed by atoms with van der Waals surface area (Å²) >= 11 is 0. The number of piperazine rings is 2. The van der Waals surface area contributed by atoms with Crippen LogP contribution in [-0.2, 0) is 16.0 Å². The number of pyridine rings is 1. The molecule has 71 heavy (non-hydrogen) atoms. The molecule has 0 radical (unpaired) electrons. The van der Waals surface area contributed by atoms with Crippen molar-refractivity contribution in [2.75, 3.05) is 81.9 Å². The molecule has 13 nitrogen and oxygen atoms in total. The number of ether oxygens (including phenoxy) is 1. The number of piperidine rings is 1. The molecule has 7 fully saturated rings. The fourth-order valence-corrected chi connectivity index (χ4v) is 13.0. The molecule has 5 saturated heterocycles. The van der Waals surface area contributed by atoms with E-state index in [1.54, 1.807) is 18.3 Å². The molecule has 3 unspecified atom stereocenters. The summed E-state index contributed by atoms with van der Waals surface area (Å²) in [6, 6.07) is 12.5. The lowest BCUT2D eigenvalue weighted by Gasteiger charge is -2.55. The first kappa shape index (κ1) is 46.4. The van der Waals surface area contributed by atoms with Crippen molar-refractivity contribution >= 4 is 45.0 Å². The molecule has 2 aliphatic carbocycles. The average molecular weight is 976 g/mol. The number of carbonyl (C=O) groups excluding carboxylic acids is 2. The number of nitrogens with zero attached hydrogens (tertiary/aromatic N) is 7. The van der Waals surface area contributed by atoms with Gasteiger partial charge < -0.3 is 29.9 Å². The molecule has 5 aliphatic heterocycles. The number of hydrogen-bond acceptors (Lipinski definition) is 12. The van der Waals surface area contributed by atoms with Gasteiger partial charge in [-0.05, 0) is 110 Å². The van der Waals surface area contributed by atoms with E-state index in [0.717, 1.165) is 94.0 Å². The molecule has 17 heteroatoms. The van der Waals surface area contributed by atoms with Crippen molar-refractivity contribution in [2.24, 2.45) is 10.8 Å². The SMILES string of the molecule is CCc1cccc2cc(O)cc(-c3ncc4c(N5CC6CCC(C5)N6)nc(OCC5(CN6CC7(CCC(F)(CN8CCN(c9cc(F)c(C%10CCC(=O)NC%10=O)c(F)c9)CC8)CC7)C6)CC5)nc4c3F)c12. The summed E-state index contributed by atoms with van der Waals surface area (Å²) < 4.78 is 70.8. The molecule has 3 atom stereocenters. The van der Waals surface area contributed by atoms with Crippen molar-refractivity contribution in [2.45, 2.75) is 101 Å². The molecular weight excluding hydrogens is 915 g/mol. The molecule has 7 heterocycles. The Bertz CT molecular complexity index is 2900. The Morgan fingerprint density at radius 3 is 2.27 bits per heavy atom. The number of hydrogen-bond donors (Lipinski definition) is 3. The highest BCUT2D eigenvalue weighted by Gasteiger charge is 2.54. The highest BCUT2D eigenvalue weighted by molar-refractivity contribution is 6.02. The van der Waals surface area contributed by atoms with Crippen LogP contribution in [-0.4, -0.2) is 131 Å². The second kappa shape index (κ2) is 17.8. The average Bonchev–Trinajstić information content (AvgIpc) is 4.03. The Morgan fingerprint density at radius 1 is 0.845 bits per heavy atom. The molecule has 2 amide bonds. The zero-order chi connectivity index (χ0) is 48.8. The molecule has 2 bridgehead atoms. The molecule has 12 rings (SSSR count). The quantitative estimate of drug-likeness (QED) is 0.0841. The monoisotopic (exact) mass is 975 g/mol. The summed E-state index contributed by atoms with van der Waals surface area (Å²) in [6.07, 6.45) is 9.30. The van der Waals surface area contributed by atoms with E-state index in [9.17, 15) is 14.7 Å². The maximum atomic E-state index is 17.2. The number of aryl methyl sites for hydroxylation is 1. The topological polar surface area (TPSA) is 139 Å². The number of halogens is 4. The van der Waals surface area contributed by atoms with Crippen LogP contribution >= 0.6 is 0 Å². The summed E-state index contributed by atoms with van der Waals surface area (Å²) in [4.78, 5) is 47.1. The molecule has 2 saturated carbocycles. The minimum Gasteiger partial charge on any atom is -0.508 e. The van der Waals surface area contributed by atoms with Gasteiger partial charge in [-0.3, -0.25) is 24.8 Å². The third-order valence-corrected chi connectivity index (χ3v) is 17.1. The fourth-order valence-electron chi connectivity index (χ4n) is 13.0. The summed E-state index contributed by atoms with van der Waals surface area (Å²) in [5.41, 5.74) is 0.636. The van der Waals surface area contributed by atoms with Crippen molar-refractivity contribution in [1.29, 1.82) is 0 Å². The van der Waals surface area contributed by atoms with Crippen LogP contribution in [0.4, 0.5) is 29.1 Å². The van der Waals surface area contributed by atoms with Gasteiger partial charge in [-0.1, -0.05) is 25.1 Å². The number of phenols is 1. The van der Waals surface area contributed by atoms with Gasteiger partial charge >= 0.3 is 6.01 Å². The number of benzene rings is 3. The summed E-state index contributed by atoms with van der Waals surface area (Å²) in [6.45, 7) is 9.11. The summed E-state index contributed by atoms with van der Waals surface area (Å²) in [5, 5.41) is 18.8. The van der Waals surface area contributed by atoms with Crippen molar-refractivity contribution in [3.63, 3.8) is 0 Å². The molecule has 1 spiro atoms. The lowest BCUT2D eigenvalue weighted by Crippen LogP contribution is -2.61. The van der Waals surface area contributed by atoms with Crippen molar-refractivity contribution < 1.29 is 37.0 Å². The van der Waals surface area contributed by atoms with Gasteiger partial charge in [0, 0.05) is 112 Å². The van der Waals surface area contributed by atoms with Gasteiger partial charge in [0.25, 0.3) is 0 Å². The molecule has 7 aliphatic rings. The molecule has 5 aromatic rings. The lowest BCUT2D eigenvalue weighted by molar-refractivity contribution is -0.134. The van der Waals surface area contributed by atoms with Crippen LogP contribution in [0.15, 0.2) is 48.7 Å². The van der Waals surface area contributed by atoms with Gasteiger partial charge in [0.05, 0.1) is 17.9 Å². The van der Waals surface area contributed by atoms with Crippen molar-refractivity contribution in [1.82, 2.24) is 35.4 Å². The maximum absolute atomic E-state index is 17.2. The third kappa shape index (κ3) is 8.83. The van der Waals surface area contributed by atoms with E-state index in [4.69, 9.17) is 19.7 Å². The number of nitrogens with one attached hydrogen (secondary N) is 2. The van der Waals surface area contributed by atoms with Crippen LogP contribution in [0.3, 0.4) is 0 Å². The van der Waals surface area contributed by atoms with Crippen LogP contribution in [0, 0.1) is 28.3 Å². The number of carbonyl (C=O) groups is 2. The van der Waals surface area contributed by atoms with Gasteiger partial charge in [0.15, 0.2) is 5.82 Å². The predicted molar refractivity (Wildman–Crippen MR) is 262 cm³/mol. The zero-order valence-electron chi connectivity index (χ0n) is 40.2. The Balaban J connectivity index is 0.676. The number of phenolic OH excluding ortho intramolecular Hbond substituents is 1. The standard InChI is InChI=1S/C54H61F4N9O4/c1-2-32-4-3-5-33-20-37(68)23-39(44(32)33)47-46(57)48-40(24-59-47)49(67-25-34-6-7-35(26-67)60-34)63-51(62-48)71-31-53(10-11-53)29-65-27-52(28-65)12-14-54(58,15-13-52)30-64-16-18-66(19-17-64)36-21-41(55)45(42(56)22-36)38-8-9-43(69)61-50(38)70/h3-5,20-24,34-35,38,60,68H,2,6-19,25-31H2,1H3,(H,61,69,70). The van der Waals surface area contributed by atoms with Gasteiger partial charge in [-0.25, -0.2) is 17.6 Å². The van der Waals surface area contributed by atoms with Crippen LogP contribution in [0.25, 0.3) is 32.9 Å². The van der Waals surface area contributed by atoms with Crippen LogP contribution in [0.5, 0.6) is 11.8 Å². The van der Waals surface area contributed by atoms with E-state index in [1.165, 1.54) is 12.1 Å². The van der Waals surface area contributed by atoms with E-state index in [-0.39, 0.29) is 52.2 Å². The number of amides is 2. The number of imide groups is 1.